The molecule has 18 heavy (non-hydrogen) atoms. The van der Waals surface area contributed by atoms with Crippen molar-refractivity contribution >= 4 is 11.3 Å². The van der Waals surface area contributed by atoms with Crippen LogP contribution < -0.4 is 5.73 Å². The molecule has 2 rings (SSSR count). The highest BCUT2D eigenvalue weighted by molar-refractivity contribution is 5.88. The summed E-state index contributed by atoms with van der Waals surface area (Å²) in [4.78, 5) is 3.65. The molecule has 2 nitrogen and oxygen atoms in total. The average molecular weight is 246 g/mol. The molecule has 92 valence electrons. The maximum absolute atomic E-state index is 13.6. The number of nitrogens with two attached hydrogens (primary N) is 1. The van der Waals surface area contributed by atoms with Crippen molar-refractivity contribution in [1.82, 2.24) is 4.98 Å². The Labute approximate surface area is 104 Å². The standard InChI is InChI=1S/C14H12F2N2/c1-9(10-4-2-3-5-12(10)15)14(17)11-6-7-18-8-13(11)16/h2-8H,17H2,1H3/b14-9+. The van der Waals surface area contributed by atoms with Gasteiger partial charge >= 0.3 is 0 Å². The lowest BCUT2D eigenvalue weighted by Crippen LogP contribution is -2.03. The van der Waals surface area contributed by atoms with Gasteiger partial charge in [0.25, 0.3) is 0 Å². The topological polar surface area (TPSA) is 38.9 Å². The summed E-state index contributed by atoms with van der Waals surface area (Å²) in [6.45, 7) is 1.66. The van der Waals surface area contributed by atoms with Crippen molar-refractivity contribution in [3.05, 3.63) is 65.5 Å². The van der Waals surface area contributed by atoms with Crippen LogP contribution in [0.25, 0.3) is 11.3 Å². The number of rotatable bonds is 2. The molecule has 0 saturated heterocycles. The fourth-order valence-corrected chi connectivity index (χ4v) is 1.71. The van der Waals surface area contributed by atoms with Crippen LogP contribution >= 0.6 is 0 Å². The number of halogens is 2. The first-order valence-corrected chi connectivity index (χ1v) is 5.42. The van der Waals surface area contributed by atoms with E-state index < -0.39 is 5.82 Å². The third-order valence-corrected chi connectivity index (χ3v) is 2.74. The summed E-state index contributed by atoms with van der Waals surface area (Å²) in [5.74, 6) is -0.905. The molecule has 2 N–H and O–H groups in total. The van der Waals surface area contributed by atoms with Gasteiger partial charge in [0.15, 0.2) is 5.82 Å². The van der Waals surface area contributed by atoms with E-state index >= 15 is 0 Å². The predicted molar refractivity (Wildman–Crippen MR) is 67.3 cm³/mol. The van der Waals surface area contributed by atoms with Crippen LogP contribution in [0.3, 0.4) is 0 Å². The van der Waals surface area contributed by atoms with Crippen molar-refractivity contribution in [3.8, 4) is 0 Å². The van der Waals surface area contributed by atoms with Crippen molar-refractivity contribution in [2.45, 2.75) is 6.92 Å². The van der Waals surface area contributed by atoms with Gasteiger partial charge in [-0.3, -0.25) is 4.98 Å². The number of benzene rings is 1. The lowest BCUT2D eigenvalue weighted by atomic mass is 10.0. The van der Waals surface area contributed by atoms with Gasteiger partial charge in [-0.25, -0.2) is 8.78 Å². The monoisotopic (exact) mass is 246 g/mol. The fraction of sp³-hybridized carbons (Fsp3) is 0.0714. The summed E-state index contributed by atoms with van der Waals surface area (Å²) in [6, 6.07) is 7.72. The van der Waals surface area contributed by atoms with Gasteiger partial charge in [-0.15, -0.1) is 0 Å². The fourth-order valence-electron chi connectivity index (χ4n) is 1.71. The number of hydrogen-bond donors (Lipinski definition) is 1. The van der Waals surface area contributed by atoms with Gasteiger partial charge in [0, 0.05) is 23.0 Å². The number of hydrogen-bond acceptors (Lipinski definition) is 2. The molecule has 0 aliphatic carbocycles. The predicted octanol–water partition coefficient (Wildman–Crippen LogP) is 3.21. The molecule has 0 aliphatic rings. The third-order valence-electron chi connectivity index (χ3n) is 2.74. The number of pyridine rings is 1. The van der Waals surface area contributed by atoms with Crippen molar-refractivity contribution in [2.75, 3.05) is 0 Å². The van der Waals surface area contributed by atoms with Crippen molar-refractivity contribution in [1.29, 1.82) is 0 Å². The maximum Gasteiger partial charge on any atom is 0.150 e. The minimum Gasteiger partial charge on any atom is -0.398 e. The Morgan fingerprint density at radius 1 is 1.06 bits per heavy atom. The van der Waals surface area contributed by atoms with E-state index in [0.29, 0.717) is 11.1 Å². The number of nitrogens with zero attached hydrogens (tertiary/aromatic N) is 1. The average Bonchev–Trinajstić information content (AvgIpc) is 2.38. The summed E-state index contributed by atoms with van der Waals surface area (Å²) in [5.41, 5.74) is 7.19. The van der Waals surface area contributed by atoms with E-state index in [1.807, 2.05) is 0 Å². The van der Waals surface area contributed by atoms with Crippen LogP contribution in [0.1, 0.15) is 18.1 Å². The molecule has 0 radical (unpaired) electrons. The van der Waals surface area contributed by atoms with Gasteiger partial charge in [0.2, 0.25) is 0 Å². The SMILES string of the molecule is C/C(=C(\N)c1ccncc1F)c1ccccc1F. The van der Waals surface area contributed by atoms with E-state index in [1.165, 1.54) is 18.3 Å². The highest BCUT2D eigenvalue weighted by atomic mass is 19.1. The molecule has 0 unspecified atom stereocenters. The Morgan fingerprint density at radius 3 is 2.44 bits per heavy atom. The molecule has 1 heterocycles. The van der Waals surface area contributed by atoms with Gasteiger partial charge in [-0.1, -0.05) is 18.2 Å². The van der Waals surface area contributed by atoms with E-state index in [1.54, 1.807) is 25.1 Å². The molecule has 0 saturated carbocycles. The molecule has 0 aliphatic heterocycles. The highest BCUT2D eigenvalue weighted by Crippen LogP contribution is 2.25. The van der Waals surface area contributed by atoms with Crippen LogP contribution in [-0.4, -0.2) is 4.98 Å². The van der Waals surface area contributed by atoms with Crippen molar-refractivity contribution < 1.29 is 8.78 Å². The van der Waals surface area contributed by atoms with E-state index in [2.05, 4.69) is 4.98 Å². The van der Waals surface area contributed by atoms with Gasteiger partial charge in [-0.05, 0) is 24.6 Å². The molecule has 0 fully saturated rings. The van der Waals surface area contributed by atoms with Gasteiger partial charge in [-0.2, -0.15) is 0 Å². The minimum atomic E-state index is -0.523. The zero-order valence-corrected chi connectivity index (χ0v) is 9.82. The molecule has 2 aromatic rings. The second-order valence-corrected chi connectivity index (χ2v) is 3.87. The van der Waals surface area contributed by atoms with E-state index in [-0.39, 0.29) is 17.1 Å². The summed E-state index contributed by atoms with van der Waals surface area (Å²) < 4.78 is 27.2. The van der Waals surface area contributed by atoms with Gasteiger partial charge in [0.05, 0.1) is 6.20 Å². The Morgan fingerprint density at radius 2 is 1.78 bits per heavy atom. The molecule has 4 heteroatoms. The lowest BCUT2D eigenvalue weighted by Gasteiger charge is -2.09. The zero-order valence-electron chi connectivity index (χ0n) is 9.82. The molecular weight excluding hydrogens is 234 g/mol. The molecule has 0 atom stereocenters. The van der Waals surface area contributed by atoms with Crippen LogP contribution in [-0.2, 0) is 0 Å². The Balaban J connectivity index is 2.55. The molecule has 0 spiro atoms. The quantitative estimate of drug-likeness (QED) is 0.883. The van der Waals surface area contributed by atoms with Crippen LogP contribution in [0, 0.1) is 11.6 Å². The second-order valence-electron chi connectivity index (χ2n) is 3.87. The number of aromatic nitrogens is 1. The smallest absolute Gasteiger partial charge is 0.150 e. The zero-order chi connectivity index (χ0) is 13.1. The Bertz CT molecular complexity index is 553. The maximum atomic E-state index is 13.6. The molecule has 0 amide bonds. The van der Waals surface area contributed by atoms with E-state index in [4.69, 9.17) is 5.73 Å². The van der Waals surface area contributed by atoms with Gasteiger partial charge < -0.3 is 5.73 Å². The van der Waals surface area contributed by atoms with Gasteiger partial charge in [0.1, 0.15) is 5.82 Å². The van der Waals surface area contributed by atoms with E-state index in [0.717, 1.165) is 6.20 Å². The van der Waals surface area contributed by atoms with Crippen LogP contribution in [0.15, 0.2) is 42.7 Å². The molecule has 0 bridgehead atoms. The van der Waals surface area contributed by atoms with Crippen molar-refractivity contribution in [2.24, 2.45) is 5.73 Å². The summed E-state index contributed by atoms with van der Waals surface area (Å²) in [6.07, 6.45) is 2.52. The largest absolute Gasteiger partial charge is 0.398 e. The first-order valence-electron chi connectivity index (χ1n) is 5.42. The van der Waals surface area contributed by atoms with Crippen LogP contribution in [0.4, 0.5) is 8.78 Å². The third kappa shape index (κ3) is 2.22. The van der Waals surface area contributed by atoms with Crippen LogP contribution in [0.2, 0.25) is 0 Å². The summed E-state index contributed by atoms with van der Waals surface area (Å²) in [5, 5.41) is 0. The molecular formula is C14H12F2N2. The summed E-state index contributed by atoms with van der Waals surface area (Å²) in [7, 11) is 0. The Hall–Kier alpha value is -2.23. The lowest BCUT2D eigenvalue weighted by molar-refractivity contribution is 0.616. The highest BCUT2D eigenvalue weighted by Gasteiger charge is 2.11. The number of allylic oxidation sites excluding steroid dienone is 1. The first kappa shape index (κ1) is 12.2. The Kier molecular flexibility index (Phi) is 3.37. The summed E-state index contributed by atoms with van der Waals surface area (Å²) >= 11 is 0. The second kappa shape index (κ2) is 4.96. The minimum absolute atomic E-state index is 0.208. The first-order chi connectivity index (χ1) is 8.61. The van der Waals surface area contributed by atoms with Crippen LogP contribution in [0.5, 0.6) is 0 Å². The van der Waals surface area contributed by atoms with Crippen molar-refractivity contribution in [3.63, 3.8) is 0 Å². The normalized spacial score (nSPS) is 12.2. The van der Waals surface area contributed by atoms with E-state index in [9.17, 15) is 8.78 Å². The molecule has 1 aromatic heterocycles. The molecule has 1 aromatic carbocycles.